The normalized spacial score (nSPS) is 22.5. The summed E-state index contributed by atoms with van der Waals surface area (Å²) >= 11 is 0. The molecule has 0 aliphatic carbocycles. The smallest absolute Gasteiger partial charge is 0.249 e. The van der Waals surface area contributed by atoms with E-state index in [4.69, 9.17) is 14.1 Å². The average Bonchev–Trinajstić information content (AvgIpc) is 3.73. The minimum absolute atomic E-state index is 0.0220. The maximum Gasteiger partial charge on any atom is 0.249 e. The van der Waals surface area contributed by atoms with Gasteiger partial charge in [-0.15, -0.1) is 10.2 Å². The molecular weight excluding hydrogens is 574 g/mol. The van der Waals surface area contributed by atoms with Crippen molar-refractivity contribution in [1.82, 2.24) is 20.1 Å². The predicted octanol–water partition coefficient (Wildman–Crippen LogP) is 5.50. The first-order valence-corrected chi connectivity index (χ1v) is 16.6. The Morgan fingerprint density at radius 2 is 1.93 bits per heavy atom. The molecule has 0 radical (unpaired) electrons. The van der Waals surface area contributed by atoms with Gasteiger partial charge in [0.1, 0.15) is 0 Å². The van der Waals surface area contributed by atoms with E-state index >= 15 is 0 Å². The first-order valence-electron chi connectivity index (χ1n) is 15.2. The van der Waals surface area contributed by atoms with Crippen LogP contribution in [0.1, 0.15) is 79.8 Å². The lowest BCUT2D eigenvalue weighted by molar-refractivity contribution is -0.129. The second kappa shape index (κ2) is 12.5. The summed E-state index contributed by atoms with van der Waals surface area (Å²) in [5.74, 6) is 0.0412. The number of carbonyl (C=O) groups excluding carboxylic acids is 1. The number of aromatic nitrogens is 3. The van der Waals surface area contributed by atoms with E-state index in [1.54, 1.807) is 11.8 Å². The fourth-order valence-electron chi connectivity index (χ4n) is 6.72. The van der Waals surface area contributed by atoms with Gasteiger partial charge in [-0.1, -0.05) is 19.9 Å². The average molecular weight is 613 g/mol. The third kappa shape index (κ3) is 6.16. The summed E-state index contributed by atoms with van der Waals surface area (Å²) in [6.07, 6.45) is 4.36. The molecule has 0 N–H and O–H groups in total. The van der Waals surface area contributed by atoms with Gasteiger partial charge in [0.05, 0.1) is 39.1 Å². The Morgan fingerprint density at radius 3 is 2.63 bits per heavy atom. The fraction of sp³-hybridized carbons (Fsp3) is 0.562. The van der Waals surface area contributed by atoms with Gasteiger partial charge in [0.15, 0.2) is 11.6 Å². The molecular formula is C32H38F2N4O4S. The van der Waals surface area contributed by atoms with Gasteiger partial charge in [-0.05, 0) is 67.2 Å². The zero-order chi connectivity index (χ0) is 30.2. The van der Waals surface area contributed by atoms with Crippen LogP contribution < -0.4 is 0 Å². The van der Waals surface area contributed by atoms with Crippen molar-refractivity contribution in [1.29, 1.82) is 0 Å². The molecule has 230 valence electrons. The quantitative estimate of drug-likeness (QED) is 0.332. The monoisotopic (exact) mass is 612 g/mol. The number of hydrogen-bond acceptors (Lipinski definition) is 7. The molecule has 3 atom stereocenters. The lowest BCUT2D eigenvalue weighted by Crippen LogP contribution is -2.30. The topological polar surface area (TPSA) is 98.4 Å². The number of rotatable bonds is 8. The molecule has 5 heterocycles. The Bertz CT molecular complexity index is 1540. The Kier molecular flexibility index (Phi) is 8.73. The number of pyridine rings is 1. The molecule has 1 aromatic carbocycles. The fourth-order valence-corrected chi connectivity index (χ4v) is 8.70. The van der Waals surface area contributed by atoms with Crippen LogP contribution in [0.3, 0.4) is 0 Å². The molecule has 3 aromatic rings. The number of amides is 1. The van der Waals surface area contributed by atoms with Crippen molar-refractivity contribution in [3.05, 3.63) is 58.2 Å². The molecule has 8 nitrogen and oxygen atoms in total. The molecule has 2 saturated heterocycles. The highest BCUT2D eigenvalue weighted by molar-refractivity contribution is 7.85. The molecule has 3 aliphatic rings. The minimum atomic E-state index is -1.26. The number of carbonyl (C=O) groups is 1. The summed E-state index contributed by atoms with van der Waals surface area (Å²) in [7, 11) is -1.26. The maximum absolute atomic E-state index is 13.8. The van der Waals surface area contributed by atoms with E-state index < -0.39 is 22.4 Å². The van der Waals surface area contributed by atoms with E-state index in [1.165, 1.54) is 6.07 Å². The molecule has 3 aliphatic heterocycles. The number of hydrogen-bond donors (Lipinski definition) is 0. The third-order valence-electron chi connectivity index (χ3n) is 9.16. The predicted molar refractivity (Wildman–Crippen MR) is 157 cm³/mol. The summed E-state index contributed by atoms with van der Waals surface area (Å²) in [5.41, 5.74) is 3.90. The number of nitrogens with zero attached hydrogens (tertiary/aromatic N) is 4. The van der Waals surface area contributed by atoms with Crippen LogP contribution in [0.25, 0.3) is 11.5 Å². The van der Waals surface area contributed by atoms with Crippen molar-refractivity contribution >= 4 is 16.7 Å². The Labute approximate surface area is 253 Å². The summed E-state index contributed by atoms with van der Waals surface area (Å²) in [5, 5.41) is 8.53. The van der Waals surface area contributed by atoms with E-state index in [0.29, 0.717) is 48.5 Å². The van der Waals surface area contributed by atoms with Gasteiger partial charge in [0.2, 0.25) is 17.7 Å². The third-order valence-corrected chi connectivity index (χ3v) is 10.7. The summed E-state index contributed by atoms with van der Waals surface area (Å²) in [6, 6.07) is 3.56. The van der Waals surface area contributed by atoms with Crippen molar-refractivity contribution in [2.45, 2.75) is 76.0 Å². The SMILES string of the molecule is Cc1nnc(-c2c(CCC3CCOCC3)nc3c(c2C2CCN(C(=O)Cc4ccc(F)c(F)c4)C2)S(=O)CC3C(C)C)o1. The van der Waals surface area contributed by atoms with Gasteiger partial charge in [-0.3, -0.25) is 14.0 Å². The van der Waals surface area contributed by atoms with E-state index in [9.17, 15) is 17.8 Å². The number of aryl methyl sites for hydroxylation is 2. The molecule has 3 unspecified atom stereocenters. The van der Waals surface area contributed by atoms with Crippen LogP contribution in [0.5, 0.6) is 0 Å². The number of halogens is 2. The van der Waals surface area contributed by atoms with Crippen molar-refractivity contribution in [3.8, 4) is 11.5 Å². The van der Waals surface area contributed by atoms with Crippen molar-refractivity contribution in [2.24, 2.45) is 11.8 Å². The van der Waals surface area contributed by atoms with Crippen LogP contribution in [-0.4, -0.2) is 62.3 Å². The Morgan fingerprint density at radius 1 is 1.14 bits per heavy atom. The molecule has 2 aromatic heterocycles. The van der Waals surface area contributed by atoms with Crippen LogP contribution in [0, 0.1) is 30.4 Å². The van der Waals surface area contributed by atoms with Gasteiger partial charge >= 0.3 is 0 Å². The standard InChI is InChI=1S/C32H38F2N4O4S/c1-18(2)23-17-43(40)31-28(22-8-11-38(16-22)27(39)15-21-4-6-24(33)25(34)14-21)29(32-37-36-19(3)42-32)26(35-30(23)31)7-5-20-9-12-41-13-10-20/h4,6,14,18,20,22-23H,5,7-13,15-17H2,1-3H3. The van der Waals surface area contributed by atoms with Gasteiger partial charge in [-0.2, -0.15) is 0 Å². The first kappa shape index (κ1) is 30.0. The summed E-state index contributed by atoms with van der Waals surface area (Å²) in [6.45, 7) is 8.50. The number of ether oxygens (including phenoxy) is 1. The second-order valence-corrected chi connectivity index (χ2v) is 13.8. The molecule has 1 amide bonds. The van der Waals surface area contributed by atoms with Crippen LogP contribution >= 0.6 is 0 Å². The Hall–Kier alpha value is -3.05. The van der Waals surface area contributed by atoms with Crippen LogP contribution in [0.2, 0.25) is 0 Å². The second-order valence-electron chi connectivity index (χ2n) is 12.4. The summed E-state index contributed by atoms with van der Waals surface area (Å²) < 4.78 is 52.7. The molecule has 43 heavy (non-hydrogen) atoms. The highest BCUT2D eigenvalue weighted by Crippen LogP contribution is 2.47. The lowest BCUT2D eigenvalue weighted by Gasteiger charge is -2.25. The van der Waals surface area contributed by atoms with Crippen molar-refractivity contribution in [3.63, 3.8) is 0 Å². The highest BCUT2D eigenvalue weighted by Gasteiger charge is 2.41. The molecule has 0 saturated carbocycles. The van der Waals surface area contributed by atoms with E-state index in [0.717, 1.165) is 78.4 Å². The maximum atomic E-state index is 13.8. The lowest BCUT2D eigenvalue weighted by atomic mass is 9.85. The van der Waals surface area contributed by atoms with Gasteiger partial charge in [-0.25, -0.2) is 8.78 Å². The van der Waals surface area contributed by atoms with Gasteiger partial charge in [0, 0.05) is 50.8 Å². The Balaban J connectivity index is 1.38. The molecule has 2 fully saturated rings. The van der Waals surface area contributed by atoms with Crippen molar-refractivity contribution in [2.75, 3.05) is 32.1 Å². The number of likely N-dealkylation sites (tertiary alicyclic amines) is 1. The largest absolute Gasteiger partial charge is 0.421 e. The minimum Gasteiger partial charge on any atom is -0.421 e. The molecule has 11 heteroatoms. The van der Waals surface area contributed by atoms with Crippen molar-refractivity contribution < 1.29 is 26.9 Å². The molecule has 0 bridgehead atoms. The first-order chi connectivity index (χ1) is 20.7. The number of benzene rings is 1. The van der Waals surface area contributed by atoms with E-state index in [1.807, 2.05) is 0 Å². The van der Waals surface area contributed by atoms with Gasteiger partial charge in [0.25, 0.3) is 0 Å². The van der Waals surface area contributed by atoms with E-state index in [-0.39, 0.29) is 30.1 Å². The van der Waals surface area contributed by atoms with Crippen LogP contribution in [0.4, 0.5) is 8.78 Å². The zero-order valence-corrected chi connectivity index (χ0v) is 25.7. The summed E-state index contributed by atoms with van der Waals surface area (Å²) in [4.78, 5) is 21.1. The molecule has 0 spiro atoms. The molecule has 6 rings (SSSR count). The van der Waals surface area contributed by atoms with Crippen LogP contribution in [0.15, 0.2) is 27.5 Å². The van der Waals surface area contributed by atoms with Gasteiger partial charge < -0.3 is 14.1 Å². The number of fused-ring (bicyclic) bond motifs is 1. The zero-order valence-electron chi connectivity index (χ0n) is 24.9. The van der Waals surface area contributed by atoms with Crippen LogP contribution in [-0.2, 0) is 33.2 Å². The highest BCUT2D eigenvalue weighted by atomic mass is 32.2. The van der Waals surface area contributed by atoms with E-state index in [2.05, 4.69) is 24.0 Å².